The topological polar surface area (TPSA) is 12.0 Å². The SMILES string of the molecule is CCCC(C)(CNCC)Cc1ccc(C(C)C)cc1. The molecule has 108 valence electrons. The summed E-state index contributed by atoms with van der Waals surface area (Å²) in [6, 6.07) is 9.21. The van der Waals surface area contributed by atoms with Crippen LogP contribution in [-0.2, 0) is 6.42 Å². The van der Waals surface area contributed by atoms with Crippen molar-refractivity contribution in [2.24, 2.45) is 5.41 Å². The molecule has 1 aromatic rings. The van der Waals surface area contributed by atoms with Gasteiger partial charge >= 0.3 is 0 Å². The molecule has 0 heterocycles. The van der Waals surface area contributed by atoms with Gasteiger partial charge in [-0.1, -0.05) is 65.3 Å². The van der Waals surface area contributed by atoms with Gasteiger partial charge in [-0.2, -0.15) is 0 Å². The molecule has 1 unspecified atom stereocenters. The van der Waals surface area contributed by atoms with Crippen molar-refractivity contribution in [3.05, 3.63) is 35.4 Å². The van der Waals surface area contributed by atoms with Crippen LogP contribution in [0.1, 0.15) is 64.5 Å². The maximum atomic E-state index is 3.52. The molecular weight excluding hydrogens is 230 g/mol. The Morgan fingerprint density at radius 2 is 1.74 bits per heavy atom. The highest BCUT2D eigenvalue weighted by Gasteiger charge is 2.23. The maximum Gasteiger partial charge on any atom is 0.000823 e. The van der Waals surface area contributed by atoms with Crippen molar-refractivity contribution in [3.8, 4) is 0 Å². The molecule has 1 aromatic carbocycles. The molecule has 0 spiro atoms. The Hall–Kier alpha value is -0.820. The zero-order valence-electron chi connectivity index (χ0n) is 13.4. The number of rotatable bonds is 8. The molecule has 0 aliphatic carbocycles. The molecule has 0 saturated carbocycles. The summed E-state index contributed by atoms with van der Waals surface area (Å²) in [4.78, 5) is 0. The van der Waals surface area contributed by atoms with Crippen LogP contribution < -0.4 is 5.32 Å². The first kappa shape index (κ1) is 16.2. The van der Waals surface area contributed by atoms with Crippen LogP contribution in [0.25, 0.3) is 0 Å². The minimum atomic E-state index is 0.379. The van der Waals surface area contributed by atoms with Crippen molar-refractivity contribution in [1.29, 1.82) is 0 Å². The van der Waals surface area contributed by atoms with Crippen molar-refractivity contribution in [3.63, 3.8) is 0 Å². The van der Waals surface area contributed by atoms with Gasteiger partial charge in [0.05, 0.1) is 0 Å². The van der Waals surface area contributed by atoms with E-state index in [2.05, 4.69) is 64.2 Å². The van der Waals surface area contributed by atoms with Gasteiger partial charge in [-0.25, -0.2) is 0 Å². The standard InChI is InChI=1S/C18H31N/c1-6-12-18(5,14-19-7-2)13-16-8-10-17(11-9-16)15(3)4/h8-11,15,19H,6-7,12-14H2,1-5H3. The molecule has 0 fully saturated rings. The Labute approximate surface area is 119 Å². The average molecular weight is 261 g/mol. The van der Waals surface area contributed by atoms with Crippen molar-refractivity contribution in [1.82, 2.24) is 5.32 Å². The summed E-state index contributed by atoms with van der Waals surface area (Å²) in [7, 11) is 0. The Morgan fingerprint density at radius 1 is 1.11 bits per heavy atom. The average Bonchev–Trinajstić information content (AvgIpc) is 2.37. The predicted molar refractivity (Wildman–Crippen MR) is 85.8 cm³/mol. The summed E-state index contributed by atoms with van der Waals surface area (Å²) in [6.45, 7) is 13.6. The van der Waals surface area contributed by atoms with Crippen molar-refractivity contribution < 1.29 is 0 Å². The molecule has 1 N–H and O–H groups in total. The van der Waals surface area contributed by atoms with E-state index in [-0.39, 0.29) is 0 Å². The van der Waals surface area contributed by atoms with Crippen LogP contribution in [0.15, 0.2) is 24.3 Å². The molecule has 1 atom stereocenters. The fraction of sp³-hybridized carbons (Fsp3) is 0.667. The molecule has 0 amide bonds. The Bertz CT molecular complexity index is 352. The van der Waals surface area contributed by atoms with Crippen LogP contribution in [0.3, 0.4) is 0 Å². The summed E-state index contributed by atoms with van der Waals surface area (Å²) in [5, 5.41) is 3.52. The molecule has 0 aromatic heterocycles. The third-order valence-electron chi connectivity index (χ3n) is 3.93. The molecule has 0 aliphatic rings. The van der Waals surface area contributed by atoms with E-state index in [0.29, 0.717) is 11.3 Å². The first-order valence-electron chi connectivity index (χ1n) is 7.80. The van der Waals surface area contributed by atoms with Crippen LogP contribution in [0, 0.1) is 5.41 Å². The minimum Gasteiger partial charge on any atom is -0.316 e. The monoisotopic (exact) mass is 261 g/mol. The van der Waals surface area contributed by atoms with Crippen molar-refractivity contribution >= 4 is 0 Å². The van der Waals surface area contributed by atoms with Gasteiger partial charge in [0.2, 0.25) is 0 Å². The van der Waals surface area contributed by atoms with E-state index < -0.39 is 0 Å². The number of hydrogen-bond acceptors (Lipinski definition) is 1. The molecule has 0 aliphatic heterocycles. The maximum absolute atomic E-state index is 3.52. The molecule has 0 radical (unpaired) electrons. The predicted octanol–water partition coefficient (Wildman–Crippen LogP) is 4.77. The van der Waals surface area contributed by atoms with Gasteiger partial charge in [0, 0.05) is 6.54 Å². The van der Waals surface area contributed by atoms with Crippen LogP contribution in [0.5, 0.6) is 0 Å². The summed E-state index contributed by atoms with van der Waals surface area (Å²) in [5.74, 6) is 0.623. The summed E-state index contributed by atoms with van der Waals surface area (Å²) in [6.07, 6.45) is 3.71. The lowest BCUT2D eigenvalue weighted by Gasteiger charge is -2.30. The number of hydrogen-bond donors (Lipinski definition) is 1. The lowest BCUT2D eigenvalue weighted by molar-refractivity contribution is 0.277. The number of nitrogens with one attached hydrogen (secondary N) is 1. The lowest BCUT2D eigenvalue weighted by atomic mass is 9.79. The van der Waals surface area contributed by atoms with Crippen LogP contribution in [0.4, 0.5) is 0 Å². The second kappa shape index (κ2) is 7.69. The smallest absolute Gasteiger partial charge is 0.000823 e. The van der Waals surface area contributed by atoms with E-state index in [0.717, 1.165) is 13.1 Å². The van der Waals surface area contributed by atoms with Crippen molar-refractivity contribution in [2.75, 3.05) is 13.1 Å². The second-order valence-corrected chi connectivity index (χ2v) is 6.41. The third kappa shape index (κ3) is 5.36. The zero-order valence-corrected chi connectivity index (χ0v) is 13.4. The minimum absolute atomic E-state index is 0.379. The Kier molecular flexibility index (Phi) is 6.57. The summed E-state index contributed by atoms with van der Waals surface area (Å²) in [5.41, 5.74) is 3.29. The van der Waals surface area contributed by atoms with Gasteiger partial charge in [0.15, 0.2) is 0 Å². The zero-order chi connectivity index (χ0) is 14.3. The fourth-order valence-electron chi connectivity index (χ4n) is 2.78. The molecule has 1 heteroatoms. The fourth-order valence-corrected chi connectivity index (χ4v) is 2.78. The van der Waals surface area contributed by atoms with Gasteiger partial charge < -0.3 is 5.32 Å². The first-order chi connectivity index (χ1) is 9.00. The first-order valence-corrected chi connectivity index (χ1v) is 7.80. The van der Waals surface area contributed by atoms with Crippen LogP contribution in [0.2, 0.25) is 0 Å². The van der Waals surface area contributed by atoms with E-state index in [9.17, 15) is 0 Å². The van der Waals surface area contributed by atoms with E-state index in [1.165, 1.54) is 30.4 Å². The quantitative estimate of drug-likeness (QED) is 0.711. The largest absolute Gasteiger partial charge is 0.316 e. The van der Waals surface area contributed by atoms with Crippen LogP contribution >= 0.6 is 0 Å². The second-order valence-electron chi connectivity index (χ2n) is 6.41. The highest BCUT2D eigenvalue weighted by Crippen LogP contribution is 2.28. The number of benzene rings is 1. The van der Waals surface area contributed by atoms with E-state index in [1.54, 1.807) is 0 Å². The normalized spacial score (nSPS) is 14.6. The highest BCUT2D eigenvalue weighted by molar-refractivity contribution is 5.25. The molecule has 19 heavy (non-hydrogen) atoms. The highest BCUT2D eigenvalue weighted by atomic mass is 14.9. The molecule has 0 saturated heterocycles. The van der Waals surface area contributed by atoms with E-state index in [4.69, 9.17) is 0 Å². The van der Waals surface area contributed by atoms with Gasteiger partial charge in [0.1, 0.15) is 0 Å². The van der Waals surface area contributed by atoms with Crippen LogP contribution in [-0.4, -0.2) is 13.1 Å². The van der Waals surface area contributed by atoms with Gasteiger partial charge in [-0.05, 0) is 41.8 Å². The Balaban J connectivity index is 2.72. The van der Waals surface area contributed by atoms with Gasteiger partial charge in [-0.3, -0.25) is 0 Å². The third-order valence-corrected chi connectivity index (χ3v) is 3.93. The van der Waals surface area contributed by atoms with Gasteiger partial charge in [-0.15, -0.1) is 0 Å². The molecule has 1 nitrogen and oxygen atoms in total. The lowest BCUT2D eigenvalue weighted by Crippen LogP contribution is -2.33. The molecule has 1 rings (SSSR count). The van der Waals surface area contributed by atoms with Crippen molar-refractivity contribution in [2.45, 2.75) is 59.8 Å². The molecular formula is C18H31N. The Morgan fingerprint density at radius 3 is 2.21 bits per heavy atom. The van der Waals surface area contributed by atoms with E-state index >= 15 is 0 Å². The molecule has 0 bridgehead atoms. The van der Waals surface area contributed by atoms with Gasteiger partial charge in [0.25, 0.3) is 0 Å². The summed E-state index contributed by atoms with van der Waals surface area (Å²) >= 11 is 0. The summed E-state index contributed by atoms with van der Waals surface area (Å²) < 4.78 is 0. The van der Waals surface area contributed by atoms with E-state index in [1.807, 2.05) is 0 Å².